The summed E-state index contributed by atoms with van der Waals surface area (Å²) >= 11 is 0. The average Bonchev–Trinajstić information content (AvgIpc) is 2.53. The summed E-state index contributed by atoms with van der Waals surface area (Å²) in [5, 5.41) is 2.90. The van der Waals surface area contributed by atoms with E-state index < -0.39 is 6.04 Å². The number of nitrogens with zero attached hydrogens (tertiary/aromatic N) is 2. The van der Waals surface area contributed by atoms with Crippen LogP contribution in [0.1, 0.15) is 13.8 Å². The number of piperazine rings is 1. The lowest BCUT2D eigenvalue weighted by Crippen LogP contribution is -2.53. The van der Waals surface area contributed by atoms with Crippen LogP contribution in [0.15, 0.2) is 30.3 Å². The molecular formula is C16H26N4O. The molecule has 5 heteroatoms. The SMILES string of the molecule is CC(CNC(=O)[C@@H](C)N)N1CCN(c2ccccc2)CC1. The van der Waals surface area contributed by atoms with Gasteiger partial charge < -0.3 is 16.0 Å². The van der Waals surface area contributed by atoms with E-state index in [1.807, 2.05) is 6.07 Å². The molecule has 1 aromatic carbocycles. The van der Waals surface area contributed by atoms with Crippen LogP contribution in [0.2, 0.25) is 0 Å². The maximum atomic E-state index is 11.5. The van der Waals surface area contributed by atoms with E-state index in [2.05, 4.69) is 46.3 Å². The zero-order valence-corrected chi connectivity index (χ0v) is 13.0. The molecule has 1 amide bonds. The highest BCUT2D eigenvalue weighted by Crippen LogP contribution is 2.16. The van der Waals surface area contributed by atoms with E-state index in [1.54, 1.807) is 6.92 Å². The highest BCUT2D eigenvalue weighted by Gasteiger charge is 2.21. The van der Waals surface area contributed by atoms with E-state index in [4.69, 9.17) is 5.73 Å². The first kappa shape index (κ1) is 15.8. The fourth-order valence-corrected chi connectivity index (χ4v) is 2.60. The van der Waals surface area contributed by atoms with Crippen molar-refractivity contribution in [2.24, 2.45) is 5.73 Å². The first-order chi connectivity index (χ1) is 10.1. The predicted molar refractivity (Wildman–Crippen MR) is 86.3 cm³/mol. The number of para-hydroxylation sites is 1. The Morgan fingerprint density at radius 3 is 2.38 bits per heavy atom. The molecule has 3 N–H and O–H groups in total. The molecule has 2 rings (SSSR count). The van der Waals surface area contributed by atoms with Crippen molar-refractivity contribution in [3.8, 4) is 0 Å². The Bertz CT molecular complexity index is 441. The van der Waals surface area contributed by atoms with Crippen molar-refractivity contribution in [1.82, 2.24) is 10.2 Å². The number of hydrogen-bond donors (Lipinski definition) is 2. The van der Waals surface area contributed by atoms with Gasteiger partial charge in [0.05, 0.1) is 6.04 Å². The summed E-state index contributed by atoms with van der Waals surface area (Å²) in [4.78, 5) is 16.3. The summed E-state index contributed by atoms with van der Waals surface area (Å²) in [6, 6.07) is 10.4. The van der Waals surface area contributed by atoms with Gasteiger partial charge in [0.2, 0.25) is 5.91 Å². The number of anilines is 1. The lowest BCUT2D eigenvalue weighted by molar-refractivity contribution is -0.122. The predicted octanol–water partition coefficient (Wildman–Crippen LogP) is 0.661. The van der Waals surface area contributed by atoms with Crippen LogP contribution in [0.3, 0.4) is 0 Å². The number of nitrogens with two attached hydrogens (primary N) is 1. The highest BCUT2D eigenvalue weighted by atomic mass is 16.2. The number of benzene rings is 1. The van der Waals surface area contributed by atoms with Gasteiger partial charge >= 0.3 is 0 Å². The van der Waals surface area contributed by atoms with Crippen molar-refractivity contribution in [1.29, 1.82) is 0 Å². The normalized spacial score (nSPS) is 19.1. The molecule has 1 aliphatic heterocycles. The third kappa shape index (κ3) is 4.44. The zero-order valence-electron chi connectivity index (χ0n) is 13.0. The fourth-order valence-electron chi connectivity index (χ4n) is 2.60. The monoisotopic (exact) mass is 290 g/mol. The molecule has 1 unspecified atom stereocenters. The van der Waals surface area contributed by atoms with Crippen LogP contribution in [0.5, 0.6) is 0 Å². The standard InChI is InChI=1S/C16H26N4O/c1-13(12-18-16(21)14(2)17)19-8-10-20(11-9-19)15-6-4-3-5-7-15/h3-7,13-14H,8-12,17H2,1-2H3,(H,18,21)/t13?,14-/m1/s1. The lowest BCUT2D eigenvalue weighted by atomic mass is 10.2. The second-order valence-electron chi connectivity index (χ2n) is 5.74. The molecule has 1 aromatic rings. The van der Waals surface area contributed by atoms with Gasteiger partial charge in [-0.2, -0.15) is 0 Å². The summed E-state index contributed by atoms with van der Waals surface area (Å²) in [6.07, 6.45) is 0. The molecule has 0 spiro atoms. The number of nitrogens with one attached hydrogen (secondary N) is 1. The molecular weight excluding hydrogens is 264 g/mol. The Morgan fingerprint density at radius 1 is 1.19 bits per heavy atom. The number of hydrogen-bond acceptors (Lipinski definition) is 4. The van der Waals surface area contributed by atoms with Crippen LogP contribution in [-0.2, 0) is 4.79 Å². The maximum absolute atomic E-state index is 11.5. The molecule has 1 saturated heterocycles. The van der Waals surface area contributed by atoms with E-state index in [9.17, 15) is 4.79 Å². The smallest absolute Gasteiger partial charge is 0.236 e. The third-order valence-electron chi connectivity index (χ3n) is 4.04. The van der Waals surface area contributed by atoms with Gasteiger partial charge in [0.15, 0.2) is 0 Å². The van der Waals surface area contributed by atoms with Crippen molar-refractivity contribution in [3.05, 3.63) is 30.3 Å². The molecule has 5 nitrogen and oxygen atoms in total. The lowest BCUT2D eigenvalue weighted by Gasteiger charge is -2.39. The van der Waals surface area contributed by atoms with Gasteiger partial charge in [0, 0.05) is 44.5 Å². The molecule has 0 saturated carbocycles. The molecule has 0 aliphatic carbocycles. The second kappa shape index (κ2) is 7.43. The van der Waals surface area contributed by atoms with Crippen molar-refractivity contribution in [2.45, 2.75) is 25.9 Å². The largest absolute Gasteiger partial charge is 0.369 e. The molecule has 2 atom stereocenters. The molecule has 1 heterocycles. The van der Waals surface area contributed by atoms with Crippen molar-refractivity contribution in [3.63, 3.8) is 0 Å². The number of rotatable bonds is 5. The first-order valence-corrected chi connectivity index (χ1v) is 7.65. The van der Waals surface area contributed by atoms with Crippen molar-refractivity contribution in [2.75, 3.05) is 37.6 Å². The number of carbonyl (C=O) groups excluding carboxylic acids is 1. The molecule has 0 bridgehead atoms. The highest BCUT2D eigenvalue weighted by molar-refractivity contribution is 5.80. The Labute approximate surface area is 127 Å². The van der Waals surface area contributed by atoms with Crippen LogP contribution in [0.4, 0.5) is 5.69 Å². The second-order valence-corrected chi connectivity index (χ2v) is 5.74. The Balaban J connectivity index is 1.77. The van der Waals surface area contributed by atoms with E-state index >= 15 is 0 Å². The average molecular weight is 290 g/mol. The van der Waals surface area contributed by atoms with Gasteiger partial charge in [-0.25, -0.2) is 0 Å². The molecule has 1 aliphatic rings. The minimum atomic E-state index is -0.438. The van der Waals surface area contributed by atoms with Crippen LogP contribution in [-0.4, -0.2) is 55.6 Å². The Morgan fingerprint density at radius 2 is 1.81 bits per heavy atom. The van der Waals surface area contributed by atoms with Crippen molar-refractivity contribution >= 4 is 11.6 Å². The maximum Gasteiger partial charge on any atom is 0.236 e. The van der Waals surface area contributed by atoms with Gasteiger partial charge in [0.25, 0.3) is 0 Å². The molecule has 0 aromatic heterocycles. The van der Waals surface area contributed by atoms with E-state index in [1.165, 1.54) is 5.69 Å². The zero-order chi connectivity index (χ0) is 15.2. The van der Waals surface area contributed by atoms with Gasteiger partial charge in [-0.05, 0) is 26.0 Å². The van der Waals surface area contributed by atoms with E-state index in [0.29, 0.717) is 12.6 Å². The molecule has 116 valence electrons. The van der Waals surface area contributed by atoms with E-state index in [0.717, 1.165) is 26.2 Å². The first-order valence-electron chi connectivity index (χ1n) is 7.65. The van der Waals surface area contributed by atoms with Crippen LogP contribution >= 0.6 is 0 Å². The molecule has 0 radical (unpaired) electrons. The summed E-state index contributed by atoms with van der Waals surface area (Å²) < 4.78 is 0. The van der Waals surface area contributed by atoms with Crippen LogP contribution < -0.4 is 16.0 Å². The summed E-state index contributed by atoms with van der Waals surface area (Å²) in [7, 11) is 0. The van der Waals surface area contributed by atoms with E-state index in [-0.39, 0.29) is 5.91 Å². The summed E-state index contributed by atoms with van der Waals surface area (Å²) in [6.45, 7) is 8.60. The minimum Gasteiger partial charge on any atom is -0.369 e. The quantitative estimate of drug-likeness (QED) is 0.836. The fraction of sp³-hybridized carbons (Fsp3) is 0.562. The van der Waals surface area contributed by atoms with Gasteiger partial charge in [0.1, 0.15) is 0 Å². The number of amides is 1. The van der Waals surface area contributed by atoms with Gasteiger partial charge in [-0.15, -0.1) is 0 Å². The van der Waals surface area contributed by atoms with Crippen molar-refractivity contribution < 1.29 is 4.79 Å². The molecule has 21 heavy (non-hydrogen) atoms. The third-order valence-corrected chi connectivity index (χ3v) is 4.04. The minimum absolute atomic E-state index is 0.0789. The van der Waals surface area contributed by atoms with Gasteiger partial charge in [-0.3, -0.25) is 9.69 Å². The number of carbonyl (C=O) groups is 1. The van der Waals surface area contributed by atoms with Crippen LogP contribution in [0.25, 0.3) is 0 Å². The molecule has 1 fully saturated rings. The Kier molecular flexibility index (Phi) is 5.59. The van der Waals surface area contributed by atoms with Gasteiger partial charge in [-0.1, -0.05) is 18.2 Å². The topological polar surface area (TPSA) is 61.6 Å². The van der Waals surface area contributed by atoms with Crippen LogP contribution in [0, 0.1) is 0 Å². The Hall–Kier alpha value is -1.59. The summed E-state index contributed by atoms with van der Waals surface area (Å²) in [5.41, 5.74) is 6.84. The summed E-state index contributed by atoms with van der Waals surface area (Å²) in [5.74, 6) is -0.0789.